The molecule has 0 aliphatic carbocycles. The van der Waals surface area contributed by atoms with E-state index in [4.69, 9.17) is 0 Å². The Morgan fingerprint density at radius 2 is 2.38 bits per heavy atom. The Bertz CT molecular complexity index is 286. The minimum Gasteiger partial charge on any atom is -0.324 e. The van der Waals surface area contributed by atoms with E-state index in [0.29, 0.717) is 5.69 Å². The molecule has 0 spiro atoms. The summed E-state index contributed by atoms with van der Waals surface area (Å²) in [5, 5.41) is 5.23. The highest BCUT2D eigenvalue weighted by Gasteiger charge is 2.00. The van der Waals surface area contributed by atoms with Crippen molar-refractivity contribution in [2.45, 2.75) is 0 Å². The molecule has 0 saturated carbocycles. The minimum absolute atomic E-state index is 0.184. The van der Waals surface area contributed by atoms with Crippen LogP contribution in [0.25, 0.3) is 0 Å². The molecule has 0 radical (unpaired) electrons. The van der Waals surface area contributed by atoms with Crippen LogP contribution in [0.5, 0.6) is 0 Å². The first-order chi connectivity index (χ1) is 6.22. The molecule has 1 rings (SSSR count). The maximum atomic E-state index is 12.3. The van der Waals surface area contributed by atoms with Crippen LogP contribution in [-0.2, 0) is 4.79 Å². The highest BCUT2D eigenvalue weighted by molar-refractivity contribution is 5.91. The highest BCUT2D eigenvalue weighted by Crippen LogP contribution is 2.04. The molecule has 0 atom stereocenters. The van der Waals surface area contributed by atoms with Crippen molar-refractivity contribution >= 4 is 11.6 Å². The lowest BCUT2D eigenvalue weighted by atomic mass is 10.4. The Morgan fingerprint density at radius 1 is 1.62 bits per heavy atom. The summed E-state index contributed by atoms with van der Waals surface area (Å²) in [6, 6.07) is 2.64. The van der Waals surface area contributed by atoms with Gasteiger partial charge in [0, 0.05) is 0 Å². The zero-order chi connectivity index (χ0) is 9.68. The summed E-state index contributed by atoms with van der Waals surface area (Å²) in [6.45, 7) is 0.220. The molecule has 0 unspecified atom stereocenters. The molecule has 0 aromatic carbocycles. The molecule has 0 bridgehead atoms. The number of aromatic nitrogens is 1. The van der Waals surface area contributed by atoms with Crippen molar-refractivity contribution in [1.29, 1.82) is 0 Å². The number of hydrogen-bond donors (Lipinski definition) is 2. The van der Waals surface area contributed by atoms with Crippen LogP contribution in [0, 0.1) is 5.95 Å². The van der Waals surface area contributed by atoms with Gasteiger partial charge in [0.05, 0.1) is 18.4 Å². The van der Waals surface area contributed by atoms with Crippen LogP contribution in [-0.4, -0.2) is 24.5 Å². The van der Waals surface area contributed by atoms with Gasteiger partial charge in [0.25, 0.3) is 0 Å². The van der Waals surface area contributed by atoms with Gasteiger partial charge in [-0.15, -0.1) is 0 Å². The summed E-state index contributed by atoms with van der Waals surface area (Å²) in [5.74, 6) is -0.748. The molecule has 13 heavy (non-hydrogen) atoms. The Balaban J connectivity index is 2.54. The number of hydrogen-bond acceptors (Lipinski definition) is 3. The van der Waals surface area contributed by atoms with Crippen LogP contribution >= 0.6 is 0 Å². The van der Waals surface area contributed by atoms with E-state index in [1.165, 1.54) is 18.3 Å². The fourth-order valence-electron chi connectivity index (χ4n) is 0.815. The zero-order valence-electron chi connectivity index (χ0n) is 7.17. The van der Waals surface area contributed by atoms with Gasteiger partial charge in [0.15, 0.2) is 0 Å². The Kier molecular flexibility index (Phi) is 3.33. The molecule has 4 nitrogen and oxygen atoms in total. The number of nitrogens with zero attached hydrogens (tertiary/aromatic N) is 1. The third-order valence-electron chi connectivity index (χ3n) is 1.35. The van der Waals surface area contributed by atoms with E-state index < -0.39 is 5.95 Å². The second-order valence-corrected chi connectivity index (χ2v) is 2.45. The number of amides is 1. The molecule has 1 aromatic rings. The third-order valence-corrected chi connectivity index (χ3v) is 1.35. The first-order valence-electron chi connectivity index (χ1n) is 3.78. The summed E-state index contributed by atoms with van der Waals surface area (Å²) in [4.78, 5) is 14.4. The third kappa shape index (κ3) is 3.16. The van der Waals surface area contributed by atoms with Gasteiger partial charge in [-0.1, -0.05) is 0 Å². The van der Waals surface area contributed by atoms with Gasteiger partial charge < -0.3 is 10.6 Å². The molecule has 5 heteroatoms. The number of nitrogens with one attached hydrogen (secondary N) is 2. The smallest absolute Gasteiger partial charge is 0.238 e. The standard InChI is InChI=1S/C8H10FN3O/c1-10-5-8(13)12-6-2-3-7(9)11-4-6/h2-4,10H,5H2,1H3,(H,12,13). The predicted octanol–water partition coefficient (Wildman–Crippen LogP) is 0.379. The Labute approximate surface area is 75.2 Å². The number of pyridine rings is 1. The fourth-order valence-corrected chi connectivity index (χ4v) is 0.815. The average molecular weight is 183 g/mol. The number of likely N-dealkylation sites (N-methyl/N-ethyl adjacent to an activating group) is 1. The fraction of sp³-hybridized carbons (Fsp3) is 0.250. The zero-order valence-corrected chi connectivity index (χ0v) is 7.17. The van der Waals surface area contributed by atoms with E-state index in [2.05, 4.69) is 15.6 Å². The van der Waals surface area contributed by atoms with E-state index in [0.717, 1.165) is 0 Å². The van der Waals surface area contributed by atoms with Crippen molar-refractivity contribution in [3.05, 3.63) is 24.3 Å². The van der Waals surface area contributed by atoms with E-state index in [1.54, 1.807) is 7.05 Å². The topological polar surface area (TPSA) is 54.0 Å². The van der Waals surface area contributed by atoms with Crippen molar-refractivity contribution in [2.24, 2.45) is 0 Å². The highest BCUT2D eigenvalue weighted by atomic mass is 19.1. The van der Waals surface area contributed by atoms with Crippen LogP contribution in [0.2, 0.25) is 0 Å². The van der Waals surface area contributed by atoms with E-state index in [1.807, 2.05) is 0 Å². The SMILES string of the molecule is CNCC(=O)Nc1ccc(F)nc1. The first-order valence-corrected chi connectivity index (χ1v) is 3.78. The van der Waals surface area contributed by atoms with Crippen molar-refractivity contribution in [1.82, 2.24) is 10.3 Å². The number of rotatable bonds is 3. The van der Waals surface area contributed by atoms with Crippen LogP contribution in [0.3, 0.4) is 0 Å². The van der Waals surface area contributed by atoms with E-state index in [-0.39, 0.29) is 12.5 Å². The Hall–Kier alpha value is -1.49. The van der Waals surface area contributed by atoms with Crippen LogP contribution in [0.1, 0.15) is 0 Å². The molecular formula is C8H10FN3O. The summed E-state index contributed by atoms with van der Waals surface area (Å²) in [7, 11) is 1.67. The van der Waals surface area contributed by atoms with Crippen molar-refractivity contribution in [3.63, 3.8) is 0 Å². The molecule has 1 heterocycles. The monoisotopic (exact) mass is 183 g/mol. The maximum absolute atomic E-state index is 12.3. The Morgan fingerprint density at radius 3 is 2.92 bits per heavy atom. The largest absolute Gasteiger partial charge is 0.324 e. The lowest BCUT2D eigenvalue weighted by Crippen LogP contribution is -2.25. The van der Waals surface area contributed by atoms with E-state index >= 15 is 0 Å². The molecule has 2 N–H and O–H groups in total. The molecule has 1 amide bonds. The van der Waals surface area contributed by atoms with Gasteiger partial charge in [-0.05, 0) is 19.2 Å². The molecule has 1 aromatic heterocycles. The van der Waals surface area contributed by atoms with Gasteiger partial charge in [0.1, 0.15) is 0 Å². The summed E-state index contributed by atoms with van der Waals surface area (Å²) in [6.07, 6.45) is 1.27. The molecule has 0 fully saturated rings. The predicted molar refractivity (Wildman–Crippen MR) is 46.8 cm³/mol. The minimum atomic E-state index is -0.563. The number of anilines is 1. The van der Waals surface area contributed by atoms with Crippen LogP contribution in [0.4, 0.5) is 10.1 Å². The average Bonchev–Trinajstić information content (AvgIpc) is 2.09. The summed E-state index contributed by atoms with van der Waals surface area (Å²) < 4.78 is 12.3. The van der Waals surface area contributed by atoms with E-state index in [9.17, 15) is 9.18 Å². The summed E-state index contributed by atoms with van der Waals surface area (Å²) >= 11 is 0. The molecule has 70 valence electrons. The van der Waals surface area contributed by atoms with Gasteiger partial charge in [-0.25, -0.2) is 4.98 Å². The molecule has 0 aliphatic rings. The van der Waals surface area contributed by atoms with Crippen LogP contribution in [0.15, 0.2) is 18.3 Å². The van der Waals surface area contributed by atoms with Gasteiger partial charge >= 0.3 is 0 Å². The van der Waals surface area contributed by atoms with Crippen LogP contribution < -0.4 is 10.6 Å². The summed E-state index contributed by atoms with van der Waals surface area (Å²) in [5.41, 5.74) is 0.488. The second-order valence-electron chi connectivity index (χ2n) is 2.45. The van der Waals surface area contributed by atoms with Gasteiger partial charge in [0.2, 0.25) is 11.9 Å². The van der Waals surface area contributed by atoms with Crippen molar-refractivity contribution < 1.29 is 9.18 Å². The van der Waals surface area contributed by atoms with Crippen molar-refractivity contribution in [2.75, 3.05) is 18.9 Å². The lowest BCUT2D eigenvalue weighted by Gasteiger charge is -2.02. The maximum Gasteiger partial charge on any atom is 0.238 e. The molecule has 0 aliphatic heterocycles. The second kappa shape index (κ2) is 4.51. The molecular weight excluding hydrogens is 173 g/mol. The molecule has 0 saturated heterocycles. The van der Waals surface area contributed by atoms with Gasteiger partial charge in [-0.3, -0.25) is 4.79 Å². The lowest BCUT2D eigenvalue weighted by molar-refractivity contribution is -0.115. The quantitative estimate of drug-likeness (QED) is 0.666. The van der Waals surface area contributed by atoms with Gasteiger partial charge in [-0.2, -0.15) is 4.39 Å². The number of halogens is 1. The van der Waals surface area contributed by atoms with Crippen molar-refractivity contribution in [3.8, 4) is 0 Å². The number of carbonyl (C=O) groups excluding carboxylic acids is 1. The normalized spacial score (nSPS) is 9.69. The number of carbonyl (C=O) groups is 1. The first kappa shape index (κ1) is 9.60.